The molecule has 1 saturated carbocycles. The van der Waals surface area contributed by atoms with Gasteiger partial charge in [0.2, 0.25) is 0 Å². The summed E-state index contributed by atoms with van der Waals surface area (Å²) in [5, 5.41) is 0. The maximum absolute atomic E-state index is 5.55. The lowest BCUT2D eigenvalue weighted by molar-refractivity contribution is 0.0826. The molecule has 90 valence electrons. The molecule has 0 aliphatic heterocycles. The first-order valence-electron chi connectivity index (χ1n) is 5.87. The molecule has 15 heavy (non-hydrogen) atoms. The van der Waals surface area contributed by atoms with E-state index < -0.39 is 0 Å². The predicted octanol–water partition coefficient (Wildman–Crippen LogP) is 0.320. The third-order valence-corrected chi connectivity index (χ3v) is 2.55. The highest BCUT2D eigenvalue weighted by Crippen LogP contribution is 2.28. The van der Waals surface area contributed by atoms with Crippen LogP contribution in [0.5, 0.6) is 0 Å². The molecule has 4 heteroatoms. The van der Waals surface area contributed by atoms with E-state index in [0.717, 1.165) is 38.8 Å². The van der Waals surface area contributed by atoms with Gasteiger partial charge in [0.1, 0.15) is 0 Å². The Balaban J connectivity index is 1.77. The van der Waals surface area contributed by atoms with Crippen molar-refractivity contribution < 1.29 is 9.47 Å². The van der Waals surface area contributed by atoms with Crippen LogP contribution in [0.4, 0.5) is 0 Å². The van der Waals surface area contributed by atoms with Crippen molar-refractivity contribution in [2.45, 2.75) is 12.8 Å². The molecule has 1 aliphatic rings. The van der Waals surface area contributed by atoms with Gasteiger partial charge in [-0.25, -0.2) is 0 Å². The van der Waals surface area contributed by atoms with E-state index in [1.165, 1.54) is 12.8 Å². The summed E-state index contributed by atoms with van der Waals surface area (Å²) in [6.45, 7) is 5.75. The number of nitrogens with two attached hydrogens (primary N) is 1. The van der Waals surface area contributed by atoms with Crippen LogP contribution in [0.1, 0.15) is 12.8 Å². The standard InChI is InChI=1S/C11H24N2O2/c1-13(5-8-14-7-4-12)6-9-15-10-11-2-3-11/h11H,2-10,12H2,1H3. The van der Waals surface area contributed by atoms with Gasteiger partial charge >= 0.3 is 0 Å². The molecular weight excluding hydrogens is 192 g/mol. The van der Waals surface area contributed by atoms with Crippen molar-refractivity contribution in [1.29, 1.82) is 0 Å². The van der Waals surface area contributed by atoms with Crippen LogP contribution in [0.15, 0.2) is 0 Å². The van der Waals surface area contributed by atoms with E-state index >= 15 is 0 Å². The first-order valence-corrected chi connectivity index (χ1v) is 5.87. The van der Waals surface area contributed by atoms with Gasteiger partial charge in [0.05, 0.1) is 19.8 Å². The van der Waals surface area contributed by atoms with Gasteiger partial charge in [0, 0.05) is 26.2 Å². The van der Waals surface area contributed by atoms with Crippen molar-refractivity contribution in [1.82, 2.24) is 4.90 Å². The Morgan fingerprint density at radius 1 is 1.13 bits per heavy atom. The molecule has 0 aromatic carbocycles. The summed E-state index contributed by atoms with van der Waals surface area (Å²) < 4.78 is 10.9. The van der Waals surface area contributed by atoms with Crippen molar-refractivity contribution in [3.8, 4) is 0 Å². The zero-order chi connectivity index (χ0) is 10.9. The van der Waals surface area contributed by atoms with Crippen molar-refractivity contribution in [3.05, 3.63) is 0 Å². The van der Waals surface area contributed by atoms with Crippen LogP contribution >= 0.6 is 0 Å². The monoisotopic (exact) mass is 216 g/mol. The zero-order valence-corrected chi connectivity index (χ0v) is 9.78. The van der Waals surface area contributed by atoms with Gasteiger partial charge in [-0.05, 0) is 25.8 Å². The normalized spacial score (nSPS) is 16.2. The van der Waals surface area contributed by atoms with Crippen LogP contribution in [0, 0.1) is 5.92 Å². The Kier molecular flexibility index (Phi) is 6.92. The second-order valence-electron chi connectivity index (χ2n) is 4.22. The first kappa shape index (κ1) is 12.9. The number of hydrogen-bond donors (Lipinski definition) is 1. The smallest absolute Gasteiger partial charge is 0.0593 e. The third kappa shape index (κ3) is 7.73. The highest BCUT2D eigenvalue weighted by molar-refractivity contribution is 4.71. The largest absolute Gasteiger partial charge is 0.380 e. The lowest BCUT2D eigenvalue weighted by Crippen LogP contribution is -2.27. The van der Waals surface area contributed by atoms with Gasteiger partial charge < -0.3 is 20.1 Å². The minimum absolute atomic E-state index is 0.605. The van der Waals surface area contributed by atoms with Gasteiger partial charge in [-0.3, -0.25) is 0 Å². The Labute approximate surface area is 92.7 Å². The predicted molar refractivity (Wildman–Crippen MR) is 60.9 cm³/mol. The Bertz CT molecular complexity index is 152. The second-order valence-corrected chi connectivity index (χ2v) is 4.22. The summed E-state index contributed by atoms with van der Waals surface area (Å²) in [6.07, 6.45) is 2.73. The van der Waals surface area contributed by atoms with Crippen LogP contribution in [0.25, 0.3) is 0 Å². The van der Waals surface area contributed by atoms with Crippen LogP contribution in [-0.4, -0.2) is 58.0 Å². The Morgan fingerprint density at radius 2 is 1.80 bits per heavy atom. The number of likely N-dealkylation sites (N-methyl/N-ethyl adjacent to an activating group) is 1. The molecule has 2 N–H and O–H groups in total. The zero-order valence-electron chi connectivity index (χ0n) is 9.78. The minimum atomic E-state index is 0.605. The highest BCUT2D eigenvalue weighted by Gasteiger charge is 2.20. The summed E-state index contributed by atoms with van der Waals surface area (Å²) in [5.74, 6) is 0.864. The maximum atomic E-state index is 5.55. The van der Waals surface area contributed by atoms with Gasteiger partial charge in [-0.1, -0.05) is 0 Å². The second kappa shape index (κ2) is 8.05. The molecule has 1 rings (SSSR count). The SMILES string of the molecule is CN(CCOCCN)CCOCC1CC1. The van der Waals surface area contributed by atoms with Crippen molar-refractivity contribution >= 4 is 0 Å². The lowest BCUT2D eigenvalue weighted by atomic mass is 10.5. The van der Waals surface area contributed by atoms with Gasteiger partial charge in [0.15, 0.2) is 0 Å². The molecule has 1 aliphatic carbocycles. The first-order chi connectivity index (χ1) is 7.33. The van der Waals surface area contributed by atoms with Crippen LogP contribution in [-0.2, 0) is 9.47 Å². The molecular formula is C11H24N2O2. The molecule has 0 saturated heterocycles. The van der Waals surface area contributed by atoms with Crippen LogP contribution in [0.2, 0.25) is 0 Å². The summed E-state index contributed by atoms with van der Waals surface area (Å²) in [4.78, 5) is 2.23. The molecule has 4 nitrogen and oxygen atoms in total. The number of hydrogen-bond acceptors (Lipinski definition) is 4. The average Bonchev–Trinajstić information content (AvgIpc) is 3.03. The van der Waals surface area contributed by atoms with Gasteiger partial charge in [-0.2, -0.15) is 0 Å². The van der Waals surface area contributed by atoms with E-state index in [1.54, 1.807) is 0 Å². The van der Waals surface area contributed by atoms with E-state index in [4.69, 9.17) is 15.2 Å². The van der Waals surface area contributed by atoms with E-state index in [1.807, 2.05) is 0 Å². The topological polar surface area (TPSA) is 47.7 Å². The number of ether oxygens (including phenoxy) is 2. The van der Waals surface area contributed by atoms with E-state index in [2.05, 4.69) is 11.9 Å². The van der Waals surface area contributed by atoms with Crippen molar-refractivity contribution in [2.24, 2.45) is 11.7 Å². The van der Waals surface area contributed by atoms with Crippen LogP contribution in [0.3, 0.4) is 0 Å². The van der Waals surface area contributed by atoms with Gasteiger partial charge in [-0.15, -0.1) is 0 Å². The number of nitrogens with zero attached hydrogens (tertiary/aromatic N) is 1. The molecule has 0 bridgehead atoms. The molecule has 0 spiro atoms. The van der Waals surface area contributed by atoms with E-state index in [9.17, 15) is 0 Å². The van der Waals surface area contributed by atoms with Gasteiger partial charge in [0.25, 0.3) is 0 Å². The molecule has 1 fully saturated rings. The molecule has 0 heterocycles. The molecule has 0 atom stereocenters. The molecule has 0 aromatic heterocycles. The molecule has 0 aromatic rings. The summed E-state index contributed by atoms with van der Waals surface area (Å²) in [6, 6.07) is 0. The Morgan fingerprint density at radius 3 is 2.40 bits per heavy atom. The number of rotatable bonds is 10. The highest BCUT2D eigenvalue weighted by atomic mass is 16.5. The fraction of sp³-hybridized carbons (Fsp3) is 1.00. The fourth-order valence-corrected chi connectivity index (χ4v) is 1.27. The van der Waals surface area contributed by atoms with E-state index in [0.29, 0.717) is 13.2 Å². The minimum Gasteiger partial charge on any atom is -0.380 e. The fourth-order valence-electron chi connectivity index (χ4n) is 1.27. The molecule has 0 unspecified atom stereocenters. The van der Waals surface area contributed by atoms with E-state index in [-0.39, 0.29) is 0 Å². The maximum Gasteiger partial charge on any atom is 0.0593 e. The third-order valence-electron chi connectivity index (χ3n) is 2.55. The summed E-state index contributed by atoms with van der Waals surface area (Å²) in [7, 11) is 2.09. The quantitative estimate of drug-likeness (QED) is 0.534. The summed E-state index contributed by atoms with van der Waals surface area (Å²) >= 11 is 0. The molecule has 0 radical (unpaired) electrons. The van der Waals surface area contributed by atoms with Crippen LogP contribution < -0.4 is 5.73 Å². The summed E-state index contributed by atoms with van der Waals surface area (Å²) in [5.41, 5.74) is 5.32. The lowest BCUT2D eigenvalue weighted by Gasteiger charge is -2.16. The molecule has 0 amide bonds. The van der Waals surface area contributed by atoms with Crippen molar-refractivity contribution in [2.75, 3.05) is 53.1 Å². The Hall–Kier alpha value is -0.160. The average molecular weight is 216 g/mol. The van der Waals surface area contributed by atoms with Crippen molar-refractivity contribution in [3.63, 3.8) is 0 Å².